The Balaban J connectivity index is 1.86. The normalized spacial score (nSPS) is 11.2. The summed E-state index contributed by atoms with van der Waals surface area (Å²) in [6.45, 7) is 1.73. The van der Waals surface area contributed by atoms with E-state index in [1.54, 1.807) is 13.0 Å². The van der Waals surface area contributed by atoms with Crippen LogP contribution in [-0.2, 0) is 0 Å². The van der Waals surface area contributed by atoms with Crippen molar-refractivity contribution < 1.29 is 4.79 Å². The summed E-state index contributed by atoms with van der Waals surface area (Å²) in [5, 5.41) is 7.59. The van der Waals surface area contributed by atoms with Gasteiger partial charge in [-0.15, -0.1) is 5.10 Å². The van der Waals surface area contributed by atoms with Crippen LogP contribution in [0.1, 0.15) is 20.9 Å². The molecule has 0 radical (unpaired) electrons. The monoisotopic (exact) mass is 272 g/mol. The fraction of sp³-hybridized carbons (Fsp3) is 0.0769. The summed E-state index contributed by atoms with van der Waals surface area (Å²) in [5.41, 5.74) is 4.10. The molecule has 0 atom stereocenters. The van der Waals surface area contributed by atoms with Crippen LogP contribution < -0.4 is 5.43 Å². The lowest BCUT2D eigenvalue weighted by molar-refractivity contribution is 0.0958. The van der Waals surface area contributed by atoms with Gasteiger partial charge in [0.25, 0.3) is 5.91 Å². The first-order valence-corrected chi connectivity index (χ1v) is 6.39. The van der Waals surface area contributed by atoms with Crippen molar-refractivity contribution in [3.63, 3.8) is 0 Å². The number of carbonyl (C=O) groups is 1. The summed E-state index contributed by atoms with van der Waals surface area (Å²) < 4.78 is 3.69. The zero-order chi connectivity index (χ0) is 13.5. The van der Waals surface area contributed by atoms with Gasteiger partial charge < -0.3 is 0 Å². The molecule has 2 rings (SSSR count). The van der Waals surface area contributed by atoms with Crippen molar-refractivity contribution in [1.29, 1.82) is 0 Å². The summed E-state index contributed by atoms with van der Waals surface area (Å²) >= 11 is 1.05. The highest BCUT2D eigenvalue weighted by Crippen LogP contribution is 2.07. The minimum atomic E-state index is -0.295. The van der Waals surface area contributed by atoms with Crippen LogP contribution >= 0.6 is 11.5 Å². The minimum absolute atomic E-state index is 0.295. The third-order valence-electron chi connectivity index (χ3n) is 2.27. The van der Waals surface area contributed by atoms with E-state index in [4.69, 9.17) is 0 Å². The van der Waals surface area contributed by atoms with Gasteiger partial charge in [0.05, 0.1) is 5.69 Å². The van der Waals surface area contributed by atoms with Gasteiger partial charge in [-0.2, -0.15) is 5.10 Å². The maximum atomic E-state index is 11.6. The van der Waals surface area contributed by atoms with Gasteiger partial charge in [-0.05, 0) is 30.1 Å². The molecule has 0 aliphatic carbocycles. The van der Waals surface area contributed by atoms with E-state index in [-0.39, 0.29) is 5.91 Å². The topological polar surface area (TPSA) is 67.2 Å². The van der Waals surface area contributed by atoms with E-state index in [2.05, 4.69) is 20.1 Å². The van der Waals surface area contributed by atoms with Crippen molar-refractivity contribution in [2.24, 2.45) is 5.10 Å². The number of nitrogens with zero attached hydrogens (tertiary/aromatic N) is 3. The summed E-state index contributed by atoms with van der Waals surface area (Å²) in [4.78, 5) is 12.1. The van der Waals surface area contributed by atoms with Gasteiger partial charge in [0.1, 0.15) is 4.88 Å². The molecule has 0 saturated heterocycles. The van der Waals surface area contributed by atoms with Gasteiger partial charge in [0, 0.05) is 6.21 Å². The molecular weight excluding hydrogens is 260 g/mol. The van der Waals surface area contributed by atoms with Crippen LogP contribution in [-0.4, -0.2) is 21.7 Å². The van der Waals surface area contributed by atoms with E-state index in [1.807, 2.05) is 36.4 Å². The number of hydrogen-bond donors (Lipinski definition) is 1. The average Bonchev–Trinajstić information content (AvgIpc) is 2.86. The Hall–Kier alpha value is -2.34. The smallest absolute Gasteiger partial charge is 0.266 e. The van der Waals surface area contributed by atoms with E-state index >= 15 is 0 Å². The molecular formula is C13H12N4OS. The van der Waals surface area contributed by atoms with Gasteiger partial charge in [-0.3, -0.25) is 4.79 Å². The Bertz CT molecular complexity index is 604. The number of aryl methyl sites for hydroxylation is 1. The maximum absolute atomic E-state index is 11.6. The highest BCUT2D eigenvalue weighted by molar-refractivity contribution is 7.07. The van der Waals surface area contributed by atoms with Gasteiger partial charge >= 0.3 is 0 Å². The molecule has 0 aliphatic heterocycles. The molecule has 1 N–H and O–H groups in total. The Labute approximate surface area is 114 Å². The maximum Gasteiger partial charge on any atom is 0.285 e. The van der Waals surface area contributed by atoms with Crippen molar-refractivity contribution in [2.45, 2.75) is 6.92 Å². The van der Waals surface area contributed by atoms with E-state index < -0.39 is 0 Å². The van der Waals surface area contributed by atoms with Crippen LogP contribution in [0, 0.1) is 6.92 Å². The van der Waals surface area contributed by atoms with Crippen LogP contribution in [0.3, 0.4) is 0 Å². The Kier molecular flexibility index (Phi) is 4.52. The number of allylic oxidation sites excluding steroid dienone is 1. The van der Waals surface area contributed by atoms with Crippen molar-refractivity contribution in [2.75, 3.05) is 0 Å². The number of aromatic nitrogens is 2. The predicted octanol–water partition coefficient (Wildman–Crippen LogP) is 2.28. The molecule has 1 aromatic heterocycles. The van der Waals surface area contributed by atoms with Crippen LogP contribution in [0.25, 0.3) is 6.08 Å². The van der Waals surface area contributed by atoms with E-state index in [1.165, 1.54) is 6.21 Å². The van der Waals surface area contributed by atoms with Crippen LogP contribution in [0.15, 0.2) is 41.5 Å². The average molecular weight is 272 g/mol. The molecule has 96 valence electrons. The number of nitrogens with one attached hydrogen (secondary N) is 1. The molecule has 0 saturated carbocycles. The number of carbonyl (C=O) groups excluding carboxylic acids is 1. The van der Waals surface area contributed by atoms with E-state index in [0.29, 0.717) is 10.6 Å². The molecule has 0 unspecified atom stereocenters. The lowest BCUT2D eigenvalue weighted by Gasteiger charge is -1.94. The second-order valence-corrected chi connectivity index (χ2v) is 4.43. The Morgan fingerprint density at radius 2 is 2.16 bits per heavy atom. The summed E-state index contributed by atoms with van der Waals surface area (Å²) in [7, 11) is 0. The second kappa shape index (κ2) is 6.55. The number of hydrazone groups is 1. The molecule has 1 aromatic carbocycles. The molecule has 0 aliphatic rings. The molecule has 6 heteroatoms. The van der Waals surface area contributed by atoms with Gasteiger partial charge in [-0.25, -0.2) is 5.43 Å². The van der Waals surface area contributed by atoms with Crippen LogP contribution in [0.4, 0.5) is 0 Å². The van der Waals surface area contributed by atoms with Gasteiger partial charge in [-0.1, -0.05) is 40.9 Å². The first-order chi connectivity index (χ1) is 9.27. The highest BCUT2D eigenvalue weighted by Gasteiger charge is 2.11. The first-order valence-electron chi connectivity index (χ1n) is 5.61. The first kappa shape index (κ1) is 13.1. The molecule has 1 amide bonds. The zero-order valence-corrected chi connectivity index (χ0v) is 11.1. The van der Waals surface area contributed by atoms with E-state index in [9.17, 15) is 4.79 Å². The summed E-state index contributed by atoms with van der Waals surface area (Å²) in [6.07, 6.45) is 5.18. The van der Waals surface area contributed by atoms with Crippen molar-refractivity contribution >= 4 is 29.7 Å². The van der Waals surface area contributed by atoms with Crippen molar-refractivity contribution in [1.82, 2.24) is 15.0 Å². The Morgan fingerprint density at radius 1 is 1.37 bits per heavy atom. The molecule has 0 bridgehead atoms. The molecule has 2 aromatic rings. The van der Waals surface area contributed by atoms with Crippen molar-refractivity contribution in [3.8, 4) is 0 Å². The minimum Gasteiger partial charge on any atom is -0.266 e. The van der Waals surface area contributed by atoms with Crippen LogP contribution in [0.2, 0.25) is 0 Å². The second-order valence-electron chi connectivity index (χ2n) is 3.68. The fourth-order valence-corrected chi connectivity index (χ4v) is 1.89. The molecule has 5 nitrogen and oxygen atoms in total. The third-order valence-corrected chi connectivity index (χ3v) is 3.10. The Morgan fingerprint density at radius 3 is 2.84 bits per heavy atom. The number of hydrogen-bond acceptors (Lipinski definition) is 5. The van der Waals surface area contributed by atoms with E-state index in [0.717, 1.165) is 17.1 Å². The largest absolute Gasteiger partial charge is 0.285 e. The molecule has 0 spiro atoms. The van der Waals surface area contributed by atoms with Crippen LogP contribution in [0.5, 0.6) is 0 Å². The standard InChI is InChI=1S/C13H12N4OS/c1-10-12(19-17-15-10)13(18)16-14-9-5-8-11-6-3-2-4-7-11/h2-9H,1H3,(H,16,18)/b8-5+,14-9+. The molecule has 0 fully saturated rings. The fourth-order valence-electron chi connectivity index (χ4n) is 1.35. The molecule has 19 heavy (non-hydrogen) atoms. The third kappa shape index (κ3) is 3.82. The van der Waals surface area contributed by atoms with Gasteiger partial charge in [0.15, 0.2) is 0 Å². The zero-order valence-electron chi connectivity index (χ0n) is 10.3. The lowest BCUT2D eigenvalue weighted by Crippen LogP contribution is -2.16. The number of rotatable bonds is 4. The highest BCUT2D eigenvalue weighted by atomic mass is 32.1. The van der Waals surface area contributed by atoms with Gasteiger partial charge in [0.2, 0.25) is 0 Å². The number of amides is 1. The lowest BCUT2D eigenvalue weighted by atomic mass is 10.2. The quantitative estimate of drug-likeness (QED) is 0.686. The SMILES string of the molecule is Cc1nnsc1C(=O)N/N=C/C=C/c1ccccc1. The van der Waals surface area contributed by atoms with Crippen molar-refractivity contribution in [3.05, 3.63) is 52.5 Å². The number of benzene rings is 1. The summed E-state index contributed by atoms with van der Waals surface area (Å²) in [6, 6.07) is 9.83. The predicted molar refractivity (Wildman–Crippen MR) is 76.1 cm³/mol. The molecule has 1 heterocycles. The summed E-state index contributed by atoms with van der Waals surface area (Å²) in [5.74, 6) is -0.295.